The summed E-state index contributed by atoms with van der Waals surface area (Å²) in [5, 5.41) is 0. The second kappa shape index (κ2) is 29.6. The molecule has 1 unspecified atom stereocenters. The first-order valence-electron chi connectivity index (χ1n) is 21.2. The van der Waals surface area contributed by atoms with Crippen LogP contribution in [0.5, 0.6) is 0 Å². The van der Waals surface area contributed by atoms with E-state index in [1.807, 2.05) is 0 Å². The van der Waals surface area contributed by atoms with Crippen LogP contribution in [0.4, 0.5) is 0 Å². The van der Waals surface area contributed by atoms with Crippen LogP contribution in [0.3, 0.4) is 0 Å². The maximum absolute atomic E-state index is 6.87. The molecule has 0 aromatic carbocycles. The van der Waals surface area contributed by atoms with Crippen LogP contribution < -0.4 is 0 Å². The molecule has 0 radical (unpaired) electrons. The van der Waals surface area contributed by atoms with Crippen LogP contribution in [0.25, 0.3) is 0 Å². The SMILES string of the molecule is CCCCCC=CCC=CCCCCCCCCC1(CCCCCCCCC=CCC=CCCCCC)O[C@H]2CC(CN(C)C)C[C@H]2O1. The van der Waals surface area contributed by atoms with E-state index in [9.17, 15) is 0 Å². The number of rotatable bonds is 32. The van der Waals surface area contributed by atoms with Crippen molar-refractivity contribution in [3.63, 3.8) is 0 Å². The molecule has 0 bridgehead atoms. The Kier molecular flexibility index (Phi) is 26.5. The monoisotopic (exact) mass is 668 g/mol. The van der Waals surface area contributed by atoms with Crippen LogP contribution in [0.2, 0.25) is 0 Å². The highest BCUT2D eigenvalue weighted by molar-refractivity contribution is 4.95. The molecule has 1 saturated carbocycles. The van der Waals surface area contributed by atoms with Gasteiger partial charge in [0, 0.05) is 19.4 Å². The first-order chi connectivity index (χ1) is 23.6. The smallest absolute Gasteiger partial charge is 0.169 e. The van der Waals surface area contributed by atoms with Gasteiger partial charge in [0.1, 0.15) is 0 Å². The molecule has 1 aliphatic carbocycles. The third-order valence-corrected chi connectivity index (χ3v) is 10.4. The van der Waals surface area contributed by atoms with Crippen LogP contribution in [0.15, 0.2) is 48.6 Å². The van der Waals surface area contributed by atoms with Gasteiger partial charge in [-0.2, -0.15) is 0 Å². The molecule has 3 nitrogen and oxygen atoms in total. The number of hydrogen-bond acceptors (Lipinski definition) is 3. The van der Waals surface area contributed by atoms with Crippen molar-refractivity contribution in [3.05, 3.63) is 48.6 Å². The maximum atomic E-state index is 6.87. The normalized spacial score (nSPS) is 23.0. The molecule has 278 valence electrons. The van der Waals surface area contributed by atoms with E-state index in [1.54, 1.807) is 0 Å². The minimum Gasteiger partial charge on any atom is -0.344 e. The Hall–Kier alpha value is -1.16. The van der Waals surface area contributed by atoms with Gasteiger partial charge in [0.25, 0.3) is 0 Å². The molecule has 2 aliphatic rings. The number of ether oxygens (including phenoxy) is 2. The van der Waals surface area contributed by atoms with Gasteiger partial charge in [-0.05, 0) is 110 Å². The van der Waals surface area contributed by atoms with Crippen LogP contribution >= 0.6 is 0 Å². The highest BCUT2D eigenvalue weighted by Gasteiger charge is 2.50. The minimum atomic E-state index is -0.303. The summed E-state index contributed by atoms with van der Waals surface area (Å²) in [4.78, 5) is 2.33. The minimum absolute atomic E-state index is 0.303. The Morgan fingerprint density at radius 2 is 0.833 bits per heavy atom. The molecule has 0 aromatic heterocycles. The summed E-state index contributed by atoms with van der Waals surface area (Å²) in [5.74, 6) is 0.417. The second-order valence-corrected chi connectivity index (χ2v) is 15.5. The van der Waals surface area contributed by atoms with Gasteiger partial charge in [0.15, 0.2) is 5.79 Å². The predicted octanol–water partition coefficient (Wildman–Crippen LogP) is 13.8. The van der Waals surface area contributed by atoms with Crippen LogP contribution in [-0.2, 0) is 9.47 Å². The summed E-state index contributed by atoms with van der Waals surface area (Å²) in [6.07, 6.45) is 55.2. The van der Waals surface area contributed by atoms with E-state index in [0.717, 1.165) is 38.1 Å². The van der Waals surface area contributed by atoms with Gasteiger partial charge in [-0.1, -0.05) is 140 Å². The van der Waals surface area contributed by atoms with E-state index < -0.39 is 0 Å². The molecule has 48 heavy (non-hydrogen) atoms. The zero-order chi connectivity index (χ0) is 34.4. The van der Waals surface area contributed by atoms with Crippen molar-refractivity contribution in [1.82, 2.24) is 4.90 Å². The number of fused-ring (bicyclic) bond motifs is 1. The fourth-order valence-corrected chi connectivity index (χ4v) is 7.68. The molecule has 2 rings (SSSR count). The summed E-state index contributed by atoms with van der Waals surface area (Å²) < 4.78 is 13.7. The van der Waals surface area contributed by atoms with Gasteiger partial charge >= 0.3 is 0 Å². The standard InChI is InChI=1S/C45H81NO2/c1-5-7-9-11-13-15-17-19-21-23-25-27-29-31-33-35-37-45(47-43-39-42(41-46(3)4)40-44(43)48-45)38-36-34-32-30-28-26-24-22-20-18-16-14-12-10-8-6-2/h13-16,19-22,42-44H,5-12,17-18,23-41H2,1-4H3/t42?,43-,44+,45?. The molecule has 1 heterocycles. The van der Waals surface area contributed by atoms with Crippen LogP contribution in [-0.4, -0.2) is 43.5 Å². The molecule has 0 spiro atoms. The largest absolute Gasteiger partial charge is 0.344 e. The highest BCUT2D eigenvalue weighted by Crippen LogP contribution is 2.45. The van der Waals surface area contributed by atoms with Gasteiger partial charge in [-0.3, -0.25) is 0 Å². The Morgan fingerprint density at radius 3 is 1.21 bits per heavy atom. The Labute approximate surface area is 300 Å². The molecule has 3 heteroatoms. The van der Waals surface area contributed by atoms with Crippen molar-refractivity contribution >= 4 is 0 Å². The third-order valence-electron chi connectivity index (χ3n) is 10.4. The van der Waals surface area contributed by atoms with E-state index in [4.69, 9.17) is 9.47 Å². The fourth-order valence-electron chi connectivity index (χ4n) is 7.68. The number of nitrogens with zero attached hydrogens (tertiary/aromatic N) is 1. The lowest BCUT2D eigenvalue weighted by atomic mass is 9.98. The van der Waals surface area contributed by atoms with Crippen molar-refractivity contribution in [2.45, 2.75) is 212 Å². The predicted molar refractivity (Wildman–Crippen MR) is 212 cm³/mol. The van der Waals surface area contributed by atoms with E-state index in [0.29, 0.717) is 12.2 Å². The molecule has 0 aromatic rings. The lowest BCUT2D eigenvalue weighted by Crippen LogP contribution is -2.33. The number of allylic oxidation sites excluding steroid dienone is 8. The van der Waals surface area contributed by atoms with E-state index in [-0.39, 0.29) is 5.79 Å². The number of hydrogen-bond donors (Lipinski definition) is 0. The summed E-state index contributed by atoms with van der Waals surface area (Å²) >= 11 is 0. The number of unbranched alkanes of at least 4 members (excludes halogenated alkanes) is 18. The first kappa shape index (κ1) is 43.0. The summed E-state index contributed by atoms with van der Waals surface area (Å²) in [7, 11) is 4.38. The quantitative estimate of drug-likeness (QED) is 0.0526. The first-order valence-corrected chi connectivity index (χ1v) is 21.2. The molecule has 0 amide bonds. The van der Waals surface area contributed by atoms with E-state index in [2.05, 4.69) is 81.5 Å². The Morgan fingerprint density at radius 1 is 0.479 bits per heavy atom. The van der Waals surface area contributed by atoms with Gasteiger partial charge in [-0.25, -0.2) is 0 Å². The third kappa shape index (κ3) is 21.8. The highest BCUT2D eigenvalue weighted by atomic mass is 16.8. The average molecular weight is 668 g/mol. The molecule has 0 N–H and O–H groups in total. The van der Waals surface area contributed by atoms with Crippen LogP contribution in [0.1, 0.15) is 194 Å². The fraction of sp³-hybridized carbons (Fsp3) is 0.822. The Bertz CT molecular complexity index is 778. The van der Waals surface area contributed by atoms with E-state index >= 15 is 0 Å². The van der Waals surface area contributed by atoms with Crippen molar-refractivity contribution < 1.29 is 9.47 Å². The molecular formula is C45H81NO2. The van der Waals surface area contributed by atoms with Gasteiger partial charge in [0.05, 0.1) is 12.2 Å². The van der Waals surface area contributed by atoms with Crippen molar-refractivity contribution in [2.24, 2.45) is 5.92 Å². The van der Waals surface area contributed by atoms with Crippen molar-refractivity contribution in [1.29, 1.82) is 0 Å². The van der Waals surface area contributed by atoms with Gasteiger partial charge in [0.2, 0.25) is 0 Å². The van der Waals surface area contributed by atoms with Crippen molar-refractivity contribution in [3.8, 4) is 0 Å². The molecule has 2 fully saturated rings. The lowest BCUT2D eigenvalue weighted by molar-refractivity contribution is -0.193. The average Bonchev–Trinajstić information content (AvgIpc) is 3.59. The lowest BCUT2D eigenvalue weighted by Gasteiger charge is -2.30. The molecule has 1 aliphatic heterocycles. The zero-order valence-corrected chi connectivity index (χ0v) is 32.6. The topological polar surface area (TPSA) is 21.7 Å². The summed E-state index contributed by atoms with van der Waals surface area (Å²) in [5.41, 5.74) is 0. The van der Waals surface area contributed by atoms with Crippen LogP contribution in [0, 0.1) is 5.92 Å². The summed E-state index contributed by atoms with van der Waals surface area (Å²) in [6.45, 7) is 5.70. The second-order valence-electron chi connectivity index (χ2n) is 15.5. The van der Waals surface area contributed by atoms with Gasteiger partial charge < -0.3 is 14.4 Å². The van der Waals surface area contributed by atoms with Gasteiger partial charge in [-0.15, -0.1) is 0 Å². The summed E-state index contributed by atoms with van der Waals surface area (Å²) in [6, 6.07) is 0. The molecule has 1 saturated heterocycles. The van der Waals surface area contributed by atoms with Crippen molar-refractivity contribution in [2.75, 3.05) is 20.6 Å². The molecule has 3 atom stereocenters. The van der Waals surface area contributed by atoms with E-state index in [1.165, 1.54) is 154 Å². The maximum Gasteiger partial charge on any atom is 0.169 e. The Balaban J connectivity index is 1.57. The zero-order valence-electron chi connectivity index (χ0n) is 32.6. The molecular weight excluding hydrogens is 587 g/mol.